The molecule has 2 rings (SSSR count). The zero-order chi connectivity index (χ0) is 12.1. The number of Topliss-reactive ketones (excluding diaryl/α,β-unsaturated/α-hetero) is 1. The molecule has 0 aromatic heterocycles. The predicted octanol–water partition coefficient (Wildman–Crippen LogP) is 1.68. The summed E-state index contributed by atoms with van der Waals surface area (Å²) in [5, 5.41) is 0. The Morgan fingerprint density at radius 1 is 1.35 bits per heavy atom. The quantitative estimate of drug-likeness (QED) is 0.705. The van der Waals surface area contributed by atoms with E-state index in [2.05, 4.69) is 0 Å². The highest BCUT2D eigenvalue weighted by atomic mass is 16.6. The molecule has 1 aromatic rings. The SMILES string of the molecule is CCOc1ccc(C(=O)COC2COC2)cc1. The van der Waals surface area contributed by atoms with Crippen LogP contribution in [0.2, 0.25) is 0 Å². The fraction of sp³-hybridized carbons (Fsp3) is 0.462. The number of rotatable bonds is 6. The minimum absolute atomic E-state index is 0.0139. The van der Waals surface area contributed by atoms with E-state index in [1.807, 2.05) is 6.92 Å². The van der Waals surface area contributed by atoms with Crippen LogP contribution < -0.4 is 4.74 Å². The second-order valence-electron chi connectivity index (χ2n) is 3.85. The van der Waals surface area contributed by atoms with Crippen LogP contribution in [0.1, 0.15) is 17.3 Å². The Morgan fingerprint density at radius 2 is 2.06 bits per heavy atom. The lowest BCUT2D eigenvalue weighted by Gasteiger charge is -2.25. The van der Waals surface area contributed by atoms with Crippen molar-refractivity contribution in [1.82, 2.24) is 0 Å². The van der Waals surface area contributed by atoms with Crippen molar-refractivity contribution in [1.29, 1.82) is 0 Å². The van der Waals surface area contributed by atoms with E-state index in [1.54, 1.807) is 24.3 Å². The monoisotopic (exact) mass is 236 g/mol. The molecule has 92 valence electrons. The van der Waals surface area contributed by atoms with Crippen LogP contribution in [0.15, 0.2) is 24.3 Å². The van der Waals surface area contributed by atoms with Crippen LogP contribution in [-0.2, 0) is 9.47 Å². The summed E-state index contributed by atoms with van der Waals surface area (Å²) in [5.74, 6) is 0.761. The van der Waals surface area contributed by atoms with Crippen molar-refractivity contribution < 1.29 is 19.0 Å². The largest absolute Gasteiger partial charge is 0.494 e. The molecule has 1 fully saturated rings. The van der Waals surface area contributed by atoms with Gasteiger partial charge in [-0.15, -0.1) is 0 Å². The summed E-state index contributed by atoms with van der Waals surface area (Å²) in [5.41, 5.74) is 0.647. The molecule has 0 amide bonds. The summed E-state index contributed by atoms with van der Waals surface area (Å²) in [6.45, 7) is 3.85. The molecule has 0 bridgehead atoms. The van der Waals surface area contributed by atoms with Crippen molar-refractivity contribution in [2.75, 3.05) is 26.4 Å². The number of hydrogen-bond donors (Lipinski definition) is 0. The van der Waals surface area contributed by atoms with Gasteiger partial charge >= 0.3 is 0 Å². The highest BCUT2D eigenvalue weighted by Gasteiger charge is 2.20. The third-order valence-electron chi connectivity index (χ3n) is 2.54. The average Bonchev–Trinajstić information content (AvgIpc) is 2.28. The zero-order valence-electron chi connectivity index (χ0n) is 9.85. The van der Waals surface area contributed by atoms with Gasteiger partial charge in [-0.3, -0.25) is 4.79 Å². The highest BCUT2D eigenvalue weighted by molar-refractivity contribution is 5.97. The lowest BCUT2D eigenvalue weighted by Crippen LogP contribution is -2.37. The Hall–Kier alpha value is -1.39. The molecule has 4 nitrogen and oxygen atoms in total. The number of benzene rings is 1. The lowest BCUT2D eigenvalue weighted by atomic mass is 10.1. The van der Waals surface area contributed by atoms with E-state index in [4.69, 9.17) is 14.2 Å². The first-order valence-corrected chi connectivity index (χ1v) is 5.75. The first-order chi connectivity index (χ1) is 8.29. The van der Waals surface area contributed by atoms with Crippen LogP contribution in [0.4, 0.5) is 0 Å². The van der Waals surface area contributed by atoms with E-state index in [1.165, 1.54) is 0 Å². The topological polar surface area (TPSA) is 44.8 Å². The second kappa shape index (κ2) is 5.80. The molecular formula is C13H16O4. The zero-order valence-corrected chi connectivity index (χ0v) is 9.85. The fourth-order valence-electron chi connectivity index (χ4n) is 1.49. The van der Waals surface area contributed by atoms with Crippen molar-refractivity contribution >= 4 is 5.78 Å². The maximum atomic E-state index is 11.8. The first kappa shape index (κ1) is 12.1. The van der Waals surface area contributed by atoms with Crippen LogP contribution in [0.5, 0.6) is 5.75 Å². The van der Waals surface area contributed by atoms with Gasteiger partial charge in [0.15, 0.2) is 5.78 Å². The van der Waals surface area contributed by atoms with Crippen molar-refractivity contribution in [3.05, 3.63) is 29.8 Å². The molecule has 0 radical (unpaired) electrons. The smallest absolute Gasteiger partial charge is 0.188 e. The van der Waals surface area contributed by atoms with Gasteiger partial charge in [0.05, 0.1) is 19.8 Å². The van der Waals surface area contributed by atoms with Gasteiger partial charge < -0.3 is 14.2 Å². The maximum Gasteiger partial charge on any atom is 0.188 e. The van der Waals surface area contributed by atoms with Crippen LogP contribution in [0, 0.1) is 0 Å². The molecule has 1 aromatic carbocycles. The number of ether oxygens (including phenoxy) is 3. The average molecular weight is 236 g/mol. The molecule has 0 saturated carbocycles. The van der Waals surface area contributed by atoms with E-state index >= 15 is 0 Å². The predicted molar refractivity (Wildman–Crippen MR) is 62.5 cm³/mol. The van der Waals surface area contributed by atoms with Gasteiger partial charge in [0.25, 0.3) is 0 Å². The molecule has 1 heterocycles. The van der Waals surface area contributed by atoms with E-state index in [0.29, 0.717) is 25.4 Å². The highest BCUT2D eigenvalue weighted by Crippen LogP contribution is 2.13. The van der Waals surface area contributed by atoms with E-state index in [0.717, 1.165) is 5.75 Å². The van der Waals surface area contributed by atoms with Crippen LogP contribution in [0.3, 0.4) is 0 Å². The summed E-state index contributed by atoms with van der Waals surface area (Å²) in [4.78, 5) is 11.8. The van der Waals surface area contributed by atoms with Crippen molar-refractivity contribution in [3.63, 3.8) is 0 Å². The van der Waals surface area contributed by atoms with Gasteiger partial charge in [-0.25, -0.2) is 0 Å². The Labute approximate surface area is 100 Å². The van der Waals surface area contributed by atoms with Crippen LogP contribution in [-0.4, -0.2) is 38.3 Å². The Balaban J connectivity index is 1.84. The van der Waals surface area contributed by atoms with Crippen LogP contribution in [0.25, 0.3) is 0 Å². The molecule has 1 saturated heterocycles. The third-order valence-corrected chi connectivity index (χ3v) is 2.54. The molecule has 0 aliphatic carbocycles. The van der Waals surface area contributed by atoms with Gasteiger partial charge in [0.2, 0.25) is 0 Å². The molecule has 1 aliphatic rings. The van der Waals surface area contributed by atoms with Gasteiger partial charge in [-0.1, -0.05) is 0 Å². The summed E-state index contributed by atoms with van der Waals surface area (Å²) in [6, 6.07) is 7.11. The van der Waals surface area contributed by atoms with E-state index < -0.39 is 0 Å². The standard InChI is InChI=1S/C13H16O4/c1-2-16-11-5-3-10(4-6-11)13(14)9-17-12-7-15-8-12/h3-6,12H,2,7-9H2,1H3. The summed E-state index contributed by atoms with van der Waals surface area (Å²) < 4.78 is 15.6. The third kappa shape index (κ3) is 3.28. The summed E-state index contributed by atoms with van der Waals surface area (Å²) >= 11 is 0. The lowest BCUT2D eigenvalue weighted by molar-refractivity contribution is -0.123. The van der Waals surface area contributed by atoms with Gasteiger partial charge in [-0.2, -0.15) is 0 Å². The molecule has 17 heavy (non-hydrogen) atoms. The van der Waals surface area contributed by atoms with Crippen molar-refractivity contribution in [3.8, 4) is 5.75 Å². The summed E-state index contributed by atoms with van der Waals surface area (Å²) in [7, 11) is 0. The number of ketones is 1. The van der Waals surface area contributed by atoms with Crippen LogP contribution >= 0.6 is 0 Å². The van der Waals surface area contributed by atoms with Crippen molar-refractivity contribution in [2.24, 2.45) is 0 Å². The molecule has 0 atom stereocenters. The maximum absolute atomic E-state index is 11.8. The number of carbonyl (C=O) groups is 1. The fourth-order valence-corrected chi connectivity index (χ4v) is 1.49. The van der Waals surface area contributed by atoms with Gasteiger partial charge in [0.1, 0.15) is 18.5 Å². The van der Waals surface area contributed by atoms with E-state index in [-0.39, 0.29) is 18.5 Å². The Bertz CT molecular complexity index is 368. The Morgan fingerprint density at radius 3 is 2.59 bits per heavy atom. The molecule has 0 N–H and O–H groups in total. The Kier molecular flexibility index (Phi) is 4.12. The molecule has 0 spiro atoms. The second-order valence-corrected chi connectivity index (χ2v) is 3.85. The normalized spacial score (nSPS) is 15.4. The van der Waals surface area contributed by atoms with E-state index in [9.17, 15) is 4.79 Å². The molecule has 4 heteroatoms. The minimum Gasteiger partial charge on any atom is -0.494 e. The first-order valence-electron chi connectivity index (χ1n) is 5.75. The number of carbonyl (C=O) groups excluding carboxylic acids is 1. The molecular weight excluding hydrogens is 220 g/mol. The molecule has 1 aliphatic heterocycles. The molecule has 0 unspecified atom stereocenters. The van der Waals surface area contributed by atoms with Crippen molar-refractivity contribution in [2.45, 2.75) is 13.0 Å². The summed E-state index contributed by atoms with van der Waals surface area (Å²) in [6.07, 6.45) is 0.0849. The number of hydrogen-bond acceptors (Lipinski definition) is 4. The van der Waals surface area contributed by atoms with Gasteiger partial charge in [0, 0.05) is 5.56 Å². The van der Waals surface area contributed by atoms with Gasteiger partial charge in [-0.05, 0) is 31.2 Å². The minimum atomic E-state index is -0.0139.